The third-order valence-corrected chi connectivity index (χ3v) is 4.89. The molecule has 4 heteroatoms. The van der Waals surface area contributed by atoms with Crippen molar-refractivity contribution < 1.29 is 0 Å². The highest BCUT2D eigenvalue weighted by Gasteiger charge is 2.29. The van der Waals surface area contributed by atoms with E-state index in [1.165, 1.54) is 22.2 Å². The Morgan fingerprint density at radius 3 is 3.00 bits per heavy atom. The fourth-order valence-electron chi connectivity index (χ4n) is 1.40. The molecule has 1 aromatic heterocycles. The molecule has 0 spiro atoms. The number of hydrogen-bond donors (Lipinski definition) is 1. The van der Waals surface area contributed by atoms with Crippen LogP contribution in [-0.4, -0.2) is 11.9 Å². The largest absolute Gasteiger partial charge is 0.310 e. The number of nitrogens with one attached hydrogen (secondary N) is 1. The second kappa shape index (κ2) is 4.97. The van der Waals surface area contributed by atoms with Gasteiger partial charge in [0.1, 0.15) is 0 Å². The summed E-state index contributed by atoms with van der Waals surface area (Å²) in [7, 11) is 0. The van der Waals surface area contributed by atoms with E-state index in [0.717, 1.165) is 19.0 Å². The molecule has 2 rings (SSSR count). The van der Waals surface area contributed by atoms with Crippen LogP contribution < -0.4 is 5.32 Å². The molecule has 1 N–H and O–H groups in total. The van der Waals surface area contributed by atoms with Gasteiger partial charge in [0.15, 0.2) is 0 Å². The third kappa shape index (κ3) is 2.96. The zero-order valence-corrected chi connectivity index (χ0v) is 11.0. The normalized spacial score (nSPS) is 18.4. The maximum absolute atomic E-state index is 6.19. The Labute approximate surface area is 102 Å². The molecule has 1 heterocycles. The first-order valence-electron chi connectivity index (χ1n) is 4.84. The second-order valence-corrected chi connectivity index (χ2v) is 6.09. The minimum Gasteiger partial charge on any atom is -0.310 e. The van der Waals surface area contributed by atoms with Crippen LogP contribution in [0.15, 0.2) is 15.9 Å². The van der Waals surface area contributed by atoms with E-state index in [-0.39, 0.29) is 0 Å². The lowest BCUT2D eigenvalue weighted by Crippen LogP contribution is -2.23. The molecular weight excluding hydrogens is 282 g/mol. The number of halogens is 2. The van der Waals surface area contributed by atoms with Crippen LogP contribution in [0.1, 0.15) is 17.7 Å². The van der Waals surface area contributed by atoms with Crippen molar-refractivity contribution >= 4 is 38.9 Å². The van der Waals surface area contributed by atoms with Gasteiger partial charge in [-0.1, -0.05) is 0 Å². The Balaban J connectivity index is 1.69. The Bertz CT molecular complexity index is 298. The van der Waals surface area contributed by atoms with E-state index in [4.69, 9.17) is 11.6 Å². The van der Waals surface area contributed by atoms with E-state index < -0.39 is 0 Å². The van der Waals surface area contributed by atoms with Crippen LogP contribution in [0.25, 0.3) is 0 Å². The summed E-state index contributed by atoms with van der Waals surface area (Å²) in [6.07, 6.45) is 2.64. The van der Waals surface area contributed by atoms with Crippen molar-refractivity contribution in [2.75, 3.05) is 6.54 Å². The van der Waals surface area contributed by atoms with E-state index in [9.17, 15) is 0 Å². The monoisotopic (exact) mass is 293 g/mol. The molecule has 78 valence electrons. The summed E-state index contributed by atoms with van der Waals surface area (Å²) >= 11 is 11.5. The summed E-state index contributed by atoms with van der Waals surface area (Å²) in [6.45, 7) is 1.85. The van der Waals surface area contributed by atoms with Crippen LogP contribution in [0.2, 0.25) is 0 Å². The highest BCUT2D eigenvalue weighted by atomic mass is 79.9. The van der Waals surface area contributed by atoms with Crippen LogP contribution in [0, 0.1) is 5.92 Å². The molecule has 0 amide bonds. The van der Waals surface area contributed by atoms with Gasteiger partial charge in [-0.2, -0.15) is 0 Å². The number of thiophene rings is 1. The standard InChI is InChI=1S/C10H13BrClNS/c11-8-3-4-14-10(8)6-13-5-9(12)7-1-2-7/h3-4,7,9,13H,1-2,5-6H2. The molecule has 1 fully saturated rings. The summed E-state index contributed by atoms with van der Waals surface area (Å²) in [6, 6.07) is 2.08. The zero-order valence-electron chi connectivity index (χ0n) is 7.80. The maximum Gasteiger partial charge on any atom is 0.0488 e. The summed E-state index contributed by atoms with van der Waals surface area (Å²) < 4.78 is 1.20. The Kier molecular flexibility index (Phi) is 3.88. The number of alkyl halides is 1. The Hall–Kier alpha value is 0.430. The van der Waals surface area contributed by atoms with E-state index in [1.807, 2.05) is 0 Å². The molecule has 1 unspecified atom stereocenters. The highest BCUT2D eigenvalue weighted by molar-refractivity contribution is 9.10. The number of rotatable bonds is 5. The van der Waals surface area contributed by atoms with Gasteiger partial charge in [0.05, 0.1) is 0 Å². The molecule has 1 aromatic rings. The first-order chi connectivity index (χ1) is 6.77. The molecule has 0 bridgehead atoms. The molecule has 0 saturated heterocycles. The predicted molar refractivity (Wildman–Crippen MR) is 66.1 cm³/mol. The molecule has 14 heavy (non-hydrogen) atoms. The van der Waals surface area contributed by atoms with Gasteiger partial charge in [-0.05, 0) is 46.1 Å². The smallest absolute Gasteiger partial charge is 0.0488 e. The van der Waals surface area contributed by atoms with Crippen molar-refractivity contribution in [2.24, 2.45) is 5.92 Å². The first-order valence-corrected chi connectivity index (χ1v) is 6.95. The van der Waals surface area contributed by atoms with Crippen molar-refractivity contribution in [3.8, 4) is 0 Å². The average Bonchev–Trinajstić information content (AvgIpc) is 2.93. The maximum atomic E-state index is 6.19. The first kappa shape index (κ1) is 10.9. The fourth-order valence-corrected chi connectivity index (χ4v) is 3.22. The third-order valence-electron chi connectivity index (χ3n) is 2.45. The van der Waals surface area contributed by atoms with Gasteiger partial charge in [-0.15, -0.1) is 22.9 Å². The quantitative estimate of drug-likeness (QED) is 0.818. The molecular formula is C10H13BrClNS. The molecule has 1 aliphatic carbocycles. The summed E-state index contributed by atoms with van der Waals surface area (Å²) in [5, 5.41) is 5.82. The van der Waals surface area contributed by atoms with Crippen molar-refractivity contribution in [2.45, 2.75) is 24.8 Å². The molecule has 0 aliphatic heterocycles. The van der Waals surface area contributed by atoms with Crippen LogP contribution in [-0.2, 0) is 6.54 Å². The van der Waals surface area contributed by atoms with E-state index in [2.05, 4.69) is 32.7 Å². The van der Waals surface area contributed by atoms with Gasteiger partial charge in [-0.25, -0.2) is 0 Å². The average molecular weight is 295 g/mol. The van der Waals surface area contributed by atoms with E-state index >= 15 is 0 Å². The Morgan fingerprint density at radius 1 is 1.64 bits per heavy atom. The Morgan fingerprint density at radius 2 is 2.43 bits per heavy atom. The van der Waals surface area contributed by atoms with Gasteiger partial charge in [0, 0.05) is 27.8 Å². The van der Waals surface area contributed by atoms with Crippen LogP contribution >= 0.6 is 38.9 Å². The minimum atomic E-state index is 0.328. The van der Waals surface area contributed by atoms with Crippen molar-refractivity contribution in [3.63, 3.8) is 0 Å². The molecule has 1 nitrogen and oxygen atoms in total. The second-order valence-electron chi connectivity index (χ2n) is 3.68. The lowest BCUT2D eigenvalue weighted by molar-refractivity contribution is 0.623. The topological polar surface area (TPSA) is 12.0 Å². The van der Waals surface area contributed by atoms with E-state index in [0.29, 0.717) is 5.38 Å². The van der Waals surface area contributed by atoms with Crippen molar-refractivity contribution in [1.29, 1.82) is 0 Å². The summed E-state index contributed by atoms with van der Waals surface area (Å²) in [5.74, 6) is 0.774. The van der Waals surface area contributed by atoms with Gasteiger partial charge < -0.3 is 5.32 Å². The van der Waals surface area contributed by atoms with Gasteiger partial charge in [0.25, 0.3) is 0 Å². The van der Waals surface area contributed by atoms with Gasteiger partial charge >= 0.3 is 0 Å². The van der Waals surface area contributed by atoms with Crippen LogP contribution in [0.4, 0.5) is 0 Å². The highest BCUT2D eigenvalue weighted by Crippen LogP contribution is 2.35. The summed E-state index contributed by atoms with van der Waals surface area (Å²) in [5.41, 5.74) is 0. The lowest BCUT2D eigenvalue weighted by atomic mass is 10.3. The van der Waals surface area contributed by atoms with E-state index in [1.54, 1.807) is 11.3 Å². The zero-order chi connectivity index (χ0) is 9.97. The fraction of sp³-hybridized carbons (Fsp3) is 0.600. The number of hydrogen-bond acceptors (Lipinski definition) is 2. The minimum absolute atomic E-state index is 0.328. The van der Waals surface area contributed by atoms with Gasteiger partial charge in [0.2, 0.25) is 0 Å². The molecule has 1 atom stereocenters. The van der Waals surface area contributed by atoms with Crippen molar-refractivity contribution in [3.05, 3.63) is 20.8 Å². The van der Waals surface area contributed by atoms with Crippen LogP contribution in [0.5, 0.6) is 0 Å². The summed E-state index contributed by atoms with van der Waals surface area (Å²) in [4.78, 5) is 1.35. The lowest BCUT2D eigenvalue weighted by Gasteiger charge is -2.08. The van der Waals surface area contributed by atoms with Crippen LogP contribution in [0.3, 0.4) is 0 Å². The predicted octanol–water partition coefficient (Wildman–Crippen LogP) is 3.62. The van der Waals surface area contributed by atoms with Gasteiger partial charge in [-0.3, -0.25) is 0 Å². The molecule has 1 saturated carbocycles. The molecule has 0 aromatic carbocycles. The molecule has 1 aliphatic rings. The molecule has 0 radical (unpaired) electrons. The van der Waals surface area contributed by atoms with Crippen molar-refractivity contribution in [1.82, 2.24) is 5.32 Å². The SMILES string of the molecule is ClC(CNCc1sccc1Br)C1CC1.